The predicted octanol–water partition coefficient (Wildman–Crippen LogP) is 2.44. The van der Waals surface area contributed by atoms with Crippen molar-refractivity contribution in [3.63, 3.8) is 0 Å². The maximum Gasteiger partial charge on any atom is 0.271 e. The first-order valence-electron chi connectivity index (χ1n) is 7.48. The summed E-state index contributed by atoms with van der Waals surface area (Å²) in [6, 6.07) is 8.98. The molecule has 1 aromatic carbocycles. The van der Waals surface area contributed by atoms with E-state index in [2.05, 4.69) is 15.6 Å². The van der Waals surface area contributed by atoms with Crippen LogP contribution in [-0.2, 0) is 14.8 Å². The van der Waals surface area contributed by atoms with Gasteiger partial charge in [-0.2, -0.15) is 0 Å². The van der Waals surface area contributed by atoms with Gasteiger partial charge in [0.25, 0.3) is 21.8 Å². The molecule has 0 atom stereocenters. The molecular weight excluding hydrogens is 374 g/mol. The second-order valence-electron chi connectivity index (χ2n) is 4.94. The number of anilines is 1. The first-order chi connectivity index (χ1) is 12.4. The number of amides is 2. The number of allylic oxidation sites excluding steroid dienone is 3. The van der Waals surface area contributed by atoms with Gasteiger partial charge in [0.2, 0.25) is 0 Å². The number of hydrogen-bond acceptors (Lipinski definition) is 5. The van der Waals surface area contributed by atoms with Crippen LogP contribution in [0.15, 0.2) is 70.3 Å². The summed E-state index contributed by atoms with van der Waals surface area (Å²) in [6.07, 6.45) is 6.24. The molecule has 0 fully saturated rings. The highest BCUT2D eigenvalue weighted by Gasteiger charge is 2.15. The number of nitrogens with one attached hydrogen (secondary N) is 3. The molecule has 2 amide bonds. The SMILES string of the molecule is C/C=C/C=C/C(=O)NNC(=O)c1ccc(NS(=O)(=O)c2cccs2)cc1. The molecular formula is C17H17N3O4S2. The lowest BCUT2D eigenvalue weighted by Crippen LogP contribution is -2.40. The van der Waals surface area contributed by atoms with Gasteiger partial charge in [0, 0.05) is 17.3 Å². The normalized spacial score (nSPS) is 11.6. The van der Waals surface area contributed by atoms with Crippen molar-refractivity contribution in [1.29, 1.82) is 0 Å². The molecule has 2 rings (SSSR count). The molecule has 0 aliphatic rings. The third kappa shape index (κ3) is 5.57. The van der Waals surface area contributed by atoms with Crippen LogP contribution in [0.1, 0.15) is 17.3 Å². The predicted molar refractivity (Wildman–Crippen MR) is 101 cm³/mol. The van der Waals surface area contributed by atoms with E-state index in [1.165, 1.54) is 42.5 Å². The van der Waals surface area contributed by atoms with Crippen LogP contribution >= 0.6 is 11.3 Å². The summed E-state index contributed by atoms with van der Waals surface area (Å²) >= 11 is 1.11. The zero-order valence-electron chi connectivity index (χ0n) is 13.8. The first kappa shape index (κ1) is 19.4. The number of benzene rings is 1. The summed E-state index contributed by atoms with van der Waals surface area (Å²) in [5.41, 5.74) is 5.10. The third-order valence-electron chi connectivity index (χ3n) is 3.01. The van der Waals surface area contributed by atoms with Crippen molar-refractivity contribution >= 4 is 38.9 Å². The molecule has 1 heterocycles. The molecule has 1 aromatic heterocycles. The van der Waals surface area contributed by atoms with Gasteiger partial charge in [-0.25, -0.2) is 8.42 Å². The molecule has 0 radical (unpaired) electrons. The second kappa shape index (κ2) is 8.97. The summed E-state index contributed by atoms with van der Waals surface area (Å²) in [4.78, 5) is 23.4. The Hall–Kier alpha value is -2.91. The Labute approximate surface area is 155 Å². The minimum Gasteiger partial charge on any atom is -0.279 e. The fourth-order valence-electron chi connectivity index (χ4n) is 1.80. The number of hydrazine groups is 1. The van der Waals surface area contributed by atoms with Gasteiger partial charge in [-0.15, -0.1) is 11.3 Å². The van der Waals surface area contributed by atoms with Crippen LogP contribution in [0.2, 0.25) is 0 Å². The van der Waals surface area contributed by atoms with Crippen molar-refractivity contribution in [2.24, 2.45) is 0 Å². The van der Waals surface area contributed by atoms with E-state index in [-0.39, 0.29) is 9.77 Å². The average Bonchev–Trinajstić information content (AvgIpc) is 3.16. The maximum absolute atomic E-state index is 12.1. The number of carbonyl (C=O) groups excluding carboxylic acids is 2. The zero-order chi connectivity index (χ0) is 19.0. The highest BCUT2D eigenvalue weighted by molar-refractivity contribution is 7.94. The Morgan fingerprint density at radius 1 is 1.04 bits per heavy atom. The van der Waals surface area contributed by atoms with Crippen molar-refractivity contribution in [1.82, 2.24) is 10.9 Å². The molecule has 7 nitrogen and oxygen atoms in total. The van der Waals surface area contributed by atoms with E-state index in [1.807, 2.05) is 6.92 Å². The molecule has 0 spiro atoms. The number of sulfonamides is 1. The van der Waals surface area contributed by atoms with Gasteiger partial charge in [-0.3, -0.25) is 25.2 Å². The Morgan fingerprint density at radius 2 is 1.77 bits per heavy atom. The fraction of sp³-hybridized carbons (Fsp3) is 0.0588. The van der Waals surface area contributed by atoms with Crippen LogP contribution in [0.3, 0.4) is 0 Å². The van der Waals surface area contributed by atoms with Gasteiger partial charge in [-0.05, 0) is 42.6 Å². The van der Waals surface area contributed by atoms with Gasteiger partial charge in [-0.1, -0.05) is 24.3 Å². The Morgan fingerprint density at radius 3 is 2.38 bits per heavy atom. The largest absolute Gasteiger partial charge is 0.279 e. The minimum atomic E-state index is -3.64. The van der Waals surface area contributed by atoms with E-state index in [0.717, 1.165) is 11.3 Å². The Balaban J connectivity index is 1.94. The minimum absolute atomic E-state index is 0.202. The number of thiophene rings is 1. The van der Waals surface area contributed by atoms with Gasteiger partial charge < -0.3 is 0 Å². The molecule has 0 bridgehead atoms. The molecule has 2 aromatic rings. The lowest BCUT2D eigenvalue weighted by Gasteiger charge is -2.08. The zero-order valence-corrected chi connectivity index (χ0v) is 15.4. The smallest absolute Gasteiger partial charge is 0.271 e. The summed E-state index contributed by atoms with van der Waals surface area (Å²) in [5.74, 6) is -0.998. The van der Waals surface area contributed by atoms with Crippen LogP contribution in [-0.4, -0.2) is 20.2 Å². The Kier molecular flexibility index (Phi) is 6.70. The van der Waals surface area contributed by atoms with E-state index in [0.29, 0.717) is 5.69 Å². The highest BCUT2D eigenvalue weighted by atomic mass is 32.2. The van der Waals surface area contributed by atoms with Gasteiger partial charge in [0.1, 0.15) is 4.21 Å². The molecule has 0 aliphatic heterocycles. The molecule has 26 heavy (non-hydrogen) atoms. The lowest BCUT2D eigenvalue weighted by atomic mass is 10.2. The quantitative estimate of drug-likeness (QED) is 0.400. The molecule has 9 heteroatoms. The molecule has 3 N–H and O–H groups in total. The van der Waals surface area contributed by atoms with E-state index in [9.17, 15) is 18.0 Å². The van der Waals surface area contributed by atoms with Crippen molar-refractivity contribution in [3.05, 3.63) is 71.6 Å². The molecule has 0 unspecified atom stereocenters. The fourth-order valence-corrected chi connectivity index (χ4v) is 3.85. The van der Waals surface area contributed by atoms with Crippen molar-refractivity contribution in [2.45, 2.75) is 11.1 Å². The molecule has 0 aliphatic carbocycles. The summed E-state index contributed by atoms with van der Waals surface area (Å²) < 4.78 is 26.9. The summed E-state index contributed by atoms with van der Waals surface area (Å²) in [5, 5.41) is 1.67. The molecule has 0 saturated carbocycles. The summed E-state index contributed by atoms with van der Waals surface area (Å²) in [6.45, 7) is 1.81. The molecule has 0 saturated heterocycles. The van der Waals surface area contributed by atoms with Crippen molar-refractivity contribution in [2.75, 3.05) is 4.72 Å². The summed E-state index contributed by atoms with van der Waals surface area (Å²) in [7, 11) is -3.64. The maximum atomic E-state index is 12.1. The first-order valence-corrected chi connectivity index (χ1v) is 9.85. The van der Waals surface area contributed by atoms with Crippen molar-refractivity contribution < 1.29 is 18.0 Å². The van der Waals surface area contributed by atoms with Crippen LogP contribution in [0.25, 0.3) is 0 Å². The van der Waals surface area contributed by atoms with E-state index in [1.54, 1.807) is 23.6 Å². The Bertz CT molecular complexity index is 915. The average molecular weight is 391 g/mol. The molecule has 136 valence electrons. The number of carbonyl (C=O) groups is 2. The van der Waals surface area contributed by atoms with E-state index in [4.69, 9.17) is 0 Å². The van der Waals surface area contributed by atoms with Gasteiger partial charge >= 0.3 is 0 Å². The third-order valence-corrected chi connectivity index (χ3v) is 5.79. The lowest BCUT2D eigenvalue weighted by molar-refractivity contribution is -0.117. The van der Waals surface area contributed by atoms with E-state index < -0.39 is 21.8 Å². The van der Waals surface area contributed by atoms with Crippen LogP contribution < -0.4 is 15.6 Å². The van der Waals surface area contributed by atoms with E-state index >= 15 is 0 Å². The van der Waals surface area contributed by atoms with Crippen LogP contribution in [0.4, 0.5) is 5.69 Å². The topological polar surface area (TPSA) is 104 Å². The van der Waals surface area contributed by atoms with Crippen molar-refractivity contribution in [3.8, 4) is 0 Å². The number of rotatable bonds is 6. The number of hydrogen-bond donors (Lipinski definition) is 3. The monoisotopic (exact) mass is 391 g/mol. The van der Waals surface area contributed by atoms with Crippen LogP contribution in [0.5, 0.6) is 0 Å². The van der Waals surface area contributed by atoms with Crippen LogP contribution in [0, 0.1) is 0 Å². The van der Waals surface area contributed by atoms with Gasteiger partial charge in [0.15, 0.2) is 0 Å². The standard InChI is InChI=1S/C17H17N3O4S2/c1-2-3-4-6-15(21)18-19-17(22)13-8-10-14(11-9-13)20-26(23,24)16-7-5-12-25-16/h2-12,20H,1H3,(H,18,21)(H,19,22)/b3-2+,6-4+. The van der Waals surface area contributed by atoms with Gasteiger partial charge in [0.05, 0.1) is 0 Å². The highest BCUT2D eigenvalue weighted by Crippen LogP contribution is 2.20. The second-order valence-corrected chi connectivity index (χ2v) is 7.80.